The molecule has 2 saturated heterocycles. The van der Waals surface area contributed by atoms with Gasteiger partial charge in [-0.3, -0.25) is 4.99 Å². The first kappa shape index (κ1) is 18.7. The van der Waals surface area contributed by atoms with Gasteiger partial charge in [-0.05, 0) is 53.5 Å². The minimum Gasteiger partial charge on any atom is -0.381 e. The number of aliphatic imine (C=N–C) groups is 1. The summed E-state index contributed by atoms with van der Waals surface area (Å²) in [5.74, 6) is 2.18. The van der Waals surface area contributed by atoms with Gasteiger partial charge in [0.05, 0.1) is 6.61 Å². The zero-order chi connectivity index (χ0) is 17.5. The van der Waals surface area contributed by atoms with Crippen molar-refractivity contribution in [1.29, 1.82) is 0 Å². The predicted octanol–water partition coefficient (Wildman–Crippen LogP) is 2.52. The molecule has 3 rings (SSSR count). The van der Waals surface area contributed by atoms with Gasteiger partial charge in [0.25, 0.3) is 0 Å². The number of rotatable bonds is 6. The molecule has 2 unspecified atom stereocenters. The lowest BCUT2D eigenvalue weighted by atomic mass is 10.0. The van der Waals surface area contributed by atoms with Crippen molar-refractivity contribution >= 4 is 17.3 Å². The van der Waals surface area contributed by atoms with Crippen LogP contribution in [0.3, 0.4) is 0 Å². The summed E-state index contributed by atoms with van der Waals surface area (Å²) in [7, 11) is 1.86. The standard InChI is InChI=1S/C19H32N4OS/c1-15(17-6-10-25-14-17)11-21-19(20-2)22-18-3-7-23(8-4-18)12-16-5-9-24-13-16/h6,10,14-16,18H,3-5,7-9,11-13H2,1-2H3,(H2,20,21,22). The van der Waals surface area contributed by atoms with Gasteiger partial charge in [0.15, 0.2) is 5.96 Å². The molecule has 1 aromatic rings. The molecule has 0 aromatic carbocycles. The van der Waals surface area contributed by atoms with Crippen LogP contribution in [0.4, 0.5) is 0 Å². The van der Waals surface area contributed by atoms with Gasteiger partial charge >= 0.3 is 0 Å². The van der Waals surface area contributed by atoms with Crippen LogP contribution in [-0.2, 0) is 4.74 Å². The smallest absolute Gasteiger partial charge is 0.191 e. The van der Waals surface area contributed by atoms with E-state index in [0.717, 1.165) is 31.6 Å². The van der Waals surface area contributed by atoms with Crippen molar-refractivity contribution in [1.82, 2.24) is 15.5 Å². The Bertz CT molecular complexity index is 520. The van der Waals surface area contributed by atoms with Crippen molar-refractivity contribution in [2.45, 2.75) is 38.1 Å². The van der Waals surface area contributed by atoms with Gasteiger partial charge in [-0.15, -0.1) is 0 Å². The minimum absolute atomic E-state index is 0.500. The number of nitrogens with zero attached hydrogens (tertiary/aromatic N) is 2. The maximum absolute atomic E-state index is 5.50. The summed E-state index contributed by atoms with van der Waals surface area (Å²) in [6.45, 7) is 8.64. The highest BCUT2D eigenvalue weighted by Gasteiger charge is 2.24. The molecule has 2 fully saturated rings. The normalized spacial score (nSPS) is 24.4. The van der Waals surface area contributed by atoms with Crippen LogP contribution in [0.15, 0.2) is 21.8 Å². The van der Waals surface area contributed by atoms with Crippen molar-refractivity contribution < 1.29 is 4.74 Å². The molecule has 3 heterocycles. The number of ether oxygens (including phenoxy) is 1. The molecular formula is C19H32N4OS. The third-order valence-corrected chi connectivity index (χ3v) is 6.08. The molecule has 25 heavy (non-hydrogen) atoms. The minimum atomic E-state index is 0.500. The van der Waals surface area contributed by atoms with Crippen LogP contribution in [-0.4, -0.2) is 63.3 Å². The van der Waals surface area contributed by atoms with Crippen molar-refractivity contribution in [2.24, 2.45) is 10.9 Å². The molecule has 0 radical (unpaired) electrons. The van der Waals surface area contributed by atoms with Crippen LogP contribution in [0.5, 0.6) is 0 Å². The van der Waals surface area contributed by atoms with Crippen molar-refractivity contribution in [3.63, 3.8) is 0 Å². The van der Waals surface area contributed by atoms with Crippen LogP contribution < -0.4 is 10.6 Å². The molecule has 2 atom stereocenters. The van der Waals surface area contributed by atoms with Gasteiger partial charge in [-0.2, -0.15) is 11.3 Å². The van der Waals surface area contributed by atoms with Gasteiger partial charge in [-0.25, -0.2) is 0 Å². The van der Waals surface area contributed by atoms with Crippen molar-refractivity contribution in [3.05, 3.63) is 22.4 Å². The number of hydrogen-bond donors (Lipinski definition) is 2. The van der Waals surface area contributed by atoms with Gasteiger partial charge in [-0.1, -0.05) is 6.92 Å². The molecule has 140 valence electrons. The number of piperidine rings is 1. The number of guanidine groups is 1. The van der Waals surface area contributed by atoms with Crippen LogP contribution in [0.25, 0.3) is 0 Å². The van der Waals surface area contributed by atoms with E-state index in [4.69, 9.17) is 4.74 Å². The lowest BCUT2D eigenvalue weighted by molar-refractivity contribution is 0.150. The average molecular weight is 365 g/mol. The summed E-state index contributed by atoms with van der Waals surface area (Å²) in [5.41, 5.74) is 1.40. The van der Waals surface area contributed by atoms with Crippen LogP contribution >= 0.6 is 11.3 Å². The van der Waals surface area contributed by atoms with E-state index in [-0.39, 0.29) is 0 Å². The Morgan fingerprint density at radius 1 is 1.40 bits per heavy atom. The van der Waals surface area contributed by atoms with E-state index >= 15 is 0 Å². The molecule has 0 spiro atoms. The Morgan fingerprint density at radius 3 is 2.88 bits per heavy atom. The van der Waals surface area contributed by atoms with Crippen molar-refractivity contribution in [2.75, 3.05) is 46.4 Å². The molecule has 2 aliphatic heterocycles. The third kappa shape index (κ3) is 5.69. The van der Waals surface area contributed by atoms with Gasteiger partial charge in [0, 0.05) is 45.9 Å². The topological polar surface area (TPSA) is 48.9 Å². The van der Waals surface area contributed by atoms with Crippen LogP contribution in [0.1, 0.15) is 37.7 Å². The summed E-state index contributed by atoms with van der Waals surface area (Å²) in [6, 6.07) is 2.73. The molecule has 2 aliphatic rings. The number of likely N-dealkylation sites (tertiary alicyclic amines) is 1. The van der Waals surface area contributed by atoms with Crippen molar-refractivity contribution in [3.8, 4) is 0 Å². The quantitative estimate of drug-likeness (QED) is 0.602. The van der Waals surface area contributed by atoms with Gasteiger partial charge < -0.3 is 20.3 Å². The van der Waals surface area contributed by atoms with E-state index in [9.17, 15) is 0 Å². The molecular weight excluding hydrogens is 332 g/mol. The first-order valence-corrected chi connectivity index (χ1v) is 10.5. The van der Waals surface area contributed by atoms with E-state index in [2.05, 4.69) is 44.3 Å². The zero-order valence-corrected chi connectivity index (χ0v) is 16.4. The van der Waals surface area contributed by atoms with E-state index in [1.54, 1.807) is 11.3 Å². The summed E-state index contributed by atoms with van der Waals surface area (Å²) in [6.07, 6.45) is 3.61. The summed E-state index contributed by atoms with van der Waals surface area (Å²) >= 11 is 1.76. The predicted molar refractivity (Wildman–Crippen MR) is 106 cm³/mol. The lowest BCUT2D eigenvalue weighted by Gasteiger charge is -2.34. The second-order valence-corrected chi connectivity index (χ2v) is 8.14. The largest absolute Gasteiger partial charge is 0.381 e. The SMILES string of the molecule is CN=C(NCC(C)c1ccsc1)NC1CCN(CC2CCOC2)CC1. The van der Waals surface area contributed by atoms with Crippen LogP contribution in [0.2, 0.25) is 0 Å². The highest BCUT2D eigenvalue weighted by molar-refractivity contribution is 7.07. The molecule has 0 saturated carbocycles. The average Bonchev–Trinajstić information content (AvgIpc) is 3.33. The van der Waals surface area contributed by atoms with E-state index in [1.165, 1.54) is 44.5 Å². The van der Waals surface area contributed by atoms with E-state index in [0.29, 0.717) is 12.0 Å². The van der Waals surface area contributed by atoms with Crippen LogP contribution in [0, 0.1) is 5.92 Å². The summed E-state index contributed by atoms with van der Waals surface area (Å²) in [4.78, 5) is 7.01. The lowest BCUT2D eigenvalue weighted by Crippen LogP contribution is -2.49. The molecule has 2 N–H and O–H groups in total. The Hall–Kier alpha value is -1.11. The highest BCUT2D eigenvalue weighted by Crippen LogP contribution is 2.18. The molecule has 0 amide bonds. The first-order chi connectivity index (χ1) is 12.2. The van der Waals surface area contributed by atoms with E-state index < -0.39 is 0 Å². The molecule has 1 aromatic heterocycles. The Labute approximate surface area is 155 Å². The summed E-state index contributed by atoms with van der Waals surface area (Å²) < 4.78 is 5.50. The number of thiophene rings is 1. The maximum Gasteiger partial charge on any atom is 0.191 e. The maximum atomic E-state index is 5.50. The first-order valence-electron chi connectivity index (χ1n) is 9.54. The fraction of sp³-hybridized carbons (Fsp3) is 0.737. The Balaban J connectivity index is 1.36. The second kappa shape index (κ2) is 9.55. The molecule has 0 bridgehead atoms. The second-order valence-electron chi connectivity index (χ2n) is 7.36. The van der Waals surface area contributed by atoms with E-state index in [1.807, 2.05) is 7.05 Å². The third-order valence-electron chi connectivity index (χ3n) is 5.38. The fourth-order valence-electron chi connectivity index (χ4n) is 3.66. The Kier molecular flexibility index (Phi) is 7.13. The monoisotopic (exact) mass is 364 g/mol. The molecule has 5 nitrogen and oxygen atoms in total. The molecule has 6 heteroatoms. The fourth-order valence-corrected chi connectivity index (χ4v) is 4.45. The Morgan fingerprint density at radius 2 is 2.24 bits per heavy atom. The highest BCUT2D eigenvalue weighted by atomic mass is 32.1. The number of nitrogens with one attached hydrogen (secondary N) is 2. The number of hydrogen-bond acceptors (Lipinski definition) is 4. The zero-order valence-electron chi connectivity index (χ0n) is 15.5. The summed E-state index contributed by atoms with van der Waals surface area (Å²) in [5, 5.41) is 11.5. The van der Waals surface area contributed by atoms with Gasteiger partial charge in [0.2, 0.25) is 0 Å². The van der Waals surface area contributed by atoms with Gasteiger partial charge in [0.1, 0.15) is 0 Å². The molecule has 0 aliphatic carbocycles.